The van der Waals surface area contributed by atoms with Gasteiger partial charge in [0, 0.05) is 0 Å². The minimum absolute atomic E-state index is 0.990. The first-order valence-corrected chi connectivity index (χ1v) is 7.02. The molecule has 2 rings (SSSR count). The van der Waals surface area contributed by atoms with Gasteiger partial charge in [-0.2, -0.15) is 0 Å². The van der Waals surface area contributed by atoms with Crippen LogP contribution in [0.15, 0.2) is 36.4 Å². The van der Waals surface area contributed by atoms with Gasteiger partial charge in [0.05, 0.1) is 0 Å². The zero-order valence-electron chi connectivity index (χ0n) is 12.3. The Labute approximate surface area is 116 Å². The largest absolute Gasteiger partial charge is 0.456 e. The van der Waals surface area contributed by atoms with Gasteiger partial charge in [-0.25, -0.2) is 0 Å². The zero-order chi connectivity index (χ0) is 13.8. The molecule has 1 nitrogen and oxygen atoms in total. The maximum Gasteiger partial charge on any atom is 0.133 e. The second-order valence-corrected chi connectivity index (χ2v) is 4.94. The Morgan fingerprint density at radius 3 is 1.53 bits per heavy atom. The lowest BCUT2D eigenvalue weighted by molar-refractivity contribution is 0.464. The molecule has 100 valence electrons. The highest BCUT2D eigenvalue weighted by Gasteiger charge is 2.11. The van der Waals surface area contributed by atoms with E-state index in [-0.39, 0.29) is 0 Å². The first kappa shape index (κ1) is 13.7. The predicted octanol–water partition coefficient (Wildman–Crippen LogP) is 5.22. The minimum atomic E-state index is 0.990. The fourth-order valence-electron chi connectivity index (χ4n) is 2.38. The summed E-state index contributed by atoms with van der Waals surface area (Å²) in [5, 5.41) is 0. The van der Waals surface area contributed by atoms with Gasteiger partial charge in [0.1, 0.15) is 11.5 Å². The smallest absolute Gasteiger partial charge is 0.133 e. The lowest BCUT2D eigenvalue weighted by atomic mass is 10.1. The summed E-state index contributed by atoms with van der Waals surface area (Å²) in [6.45, 7) is 8.55. The number of aryl methyl sites for hydroxylation is 4. The molecule has 0 unspecified atom stereocenters. The van der Waals surface area contributed by atoms with Gasteiger partial charge in [0.2, 0.25) is 0 Å². The third-order valence-electron chi connectivity index (χ3n) is 3.55. The van der Waals surface area contributed by atoms with Crippen molar-refractivity contribution < 1.29 is 4.74 Å². The van der Waals surface area contributed by atoms with Gasteiger partial charge in [-0.15, -0.1) is 0 Å². The molecule has 0 aromatic heterocycles. The van der Waals surface area contributed by atoms with Crippen LogP contribution in [0.5, 0.6) is 11.5 Å². The molecule has 0 radical (unpaired) electrons. The van der Waals surface area contributed by atoms with Crippen molar-refractivity contribution in [3.63, 3.8) is 0 Å². The average Bonchev–Trinajstić information content (AvgIpc) is 2.42. The number of hydrogen-bond donors (Lipinski definition) is 0. The van der Waals surface area contributed by atoms with Crippen molar-refractivity contribution in [3.8, 4) is 11.5 Å². The van der Waals surface area contributed by atoms with E-state index < -0.39 is 0 Å². The molecule has 0 saturated heterocycles. The van der Waals surface area contributed by atoms with Crippen LogP contribution in [0.2, 0.25) is 0 Å². The molecule has 19 heavy (non-hydrogen) atoms. The van der Waals surface area contributed by atoms with Crippen molar-refractivity contribution in [1.29, 1.82) is 0 Å². The van der Waals surface area contributed by atoms with Crippen molar-refractivity contribution in [2.75, 3.05) is 0 Å². The number of rotatable bonds is 4. The van der Waals surface area contributed by atoms with E-state index in [0.717, 1.165) is 24.3 Å². The molecule has 0 saturated carbocycles. The van der Waals surface area contributed by atoms with E-state index >= 15 is 0 Å². The van der Waals surface area contributed by atoms with E-state index in [9.17, 15) is 0 Å². The van der Waals surface area contributed by atoms with E-state index in [0.29, 0.717) is 0 Å². The Kier molecular flexibility index (Phi) is 4.26. The number of para-hydroxylation sites is 2. The van der Waals surface area contributed by atoms with Crippen LogP contribution in [0.3, 0.4) is 0 Å². The Hall–Kier alpha value is -1.76. The number of hydrogen-bond acceptors (Lipinski definition) is 1. The molecule has 2 aromatic carbocycles. The van der Waals surface area contributed by atoms with Crippen LogP contribution in [-0.2, 0) is 12.8 Å². The van der Waals surface area contributed by atoms with E-state index in [1.54, 1.807) is 0 Å². The van der Waals surface area contributed by atoms with Crippen LogP contribution in [0.4, 0.5) is 0 Å². The Bertz CT molecular complexity index is 518. The van der Waals surface area contributed by atoms with Crippen molar-refractivity contribution in [3.05, 3.63) is 58.7 Å². The normalized spacial score (nSPS) is 10.5. The maximum atomic E-state index is 6.28. The van der Waals surface area contributed by atoms with Crippen LogP contribution in [0.1, 0.15) is 36.1 Å². The van der Waals surface area contributed by atoms with Crippen LogP contribution in [-0.4, -0.2) is 0 Å². The molecule has 0 aliphatic carbocycles. The summed E-state index contributed by atoms with van der Waals surface area (Å²) in [6, 6.07) is 12.7. The predicted molar refractivity (Wildman–Crippen MR) is 81.2 cm³/mol. The molecule has 0 atom stereocenters. The van der Waals surface area contributed by atoms with E-state index in [1.807, 2.05) is 0 Å². The fourth-order valence-corrected chi connectivity index (χ4v) is 2.38. The average molecular weight is 254 g/mol. The Balaban J connectivity index is 2.47. The molecule has 0 aliphatic rings. The van der Waals surface area contributed by atoms with Gasteiger partial charge in [-0.1, -0.05) is 50.2 Å². The van der Waals surface area contributed by atoms with Gasteiger partial charge in [0.25, 0.3) is 0 Å². The van der Waals surface area contributed by atoms with Crippen molar-refractivity contribution in [2.45, 2.75) is 40.5 Å². The highest BCUT2D eigenvalue weighted by molar-refractivity contribution is 5.48. The quantitative estimate of drug-likeness (QED) is 0.726. The lowest BCUT2D eigenvalue weighted by Crippen LogP contribution is -1.98. The molecule has 0 aliphatic heterocycles. The summed E-state index contributed by atoms with van der Waals surface area (Å²) >= 11 is 0. The second-order valence-electron chi connectivity index (χ2n) is 4.94. The van der Waals surface area contributed by atoms with Gasteiger partial charge in [-0.3, -0.25) is 0 Å². The maximum absolute atomic E-state index is 6.28. The molecule has 2 aromatic rings. The van der Waals surface area contributed by atoms with Crippen molar-refractivity contribution in [1.82, 2.24) is 0 Å². The minimum Gasteiger partial charge on any atom is -0.456 e. The standard InChI is InChI=1S/C18H22O/c1-5-15-11-7-9-13(3)17(15)19-18-14(4)10-8-12-16(18)6-2/h7-12H,5-6H2,1-4H3. The fraction of sp³-hybridized carbons (Fsp3) is 0.333. The molecule has 0 fully saturated rings. The third-order valence-corrected chi connectivity index (χ3v) is 3.55. The lowest BCUT2D eigenvalue weighted by Gasteiger charge is -2.17. The van der Waals surface area contributed by atoms with Gasteiger partial charge in [-0.05, 0) is 48.9 Å². The zero-order valence-corrected chi connectivity index (χ0v) is 12.3. The van der Waals surface area contributed by atoms with Crippen LogP contribution < -0.4 is 4.74 Å². The molecule has 0 heterocycles. The highest BCUT2D eigenvalue weighted by atomic mass is 16.5. The summed E-state index contributed by atoms with van der Waals surface area (Å²) in [7, 11) is 0. The highest BCUT2D eigenvalue weighted by Crippen LogP contribution is 2.33. The monoisotopic (exact) mass is 254 g/mol. The van der Waals surface area contributed by atoms with E-state index in [1.165, 1.54) is 22.3 Å². The summed E-state index contributed by atoms with van der Waals surface area (Å²) in [5.74, 6) is 2.04. The van der Waals surface area contributed by atoms with Crippen molar-refractivity contribution >= 4 is 0 Å². The molecular formula is C18H22O. The first-order valence-electron chi connectivity index (χ1n) is 7.02. The molecular weight excluding hydrogens is 232 g/mol. The van der Waals surface area contributed by atoms with Gasteiger partial charge >= 0.3 is 0 Å². The number of ether oxygens (including phenoxy) is 1. The summed E-state index contributed by atoms with van der Waals surface area (Å²) in [5.41, 5.74) is 4.94. The first-order chi connectivity index (χ1) is 9.17. The Morgan fingerprint density at radius 1 is 0.737 bits per heavy atom. The van der Waals surface area contributed by atoms with E-state index in [4.69, 9.17) is 4.74 Å². The molecule has 0 amide bonds. The van der Waals surface area contributed by atoms with Crippen LogP contribution in [0, 0.1) is 13.8 Å². The third kappa shape index (κ3) is 2.81. The SMILES string of the molecule is CCc1cccc(C)c1Oc1c(C)cccc1CC. The van der Waals surface area contributed by atoms with Crippen LogP contribution in [0.25, 0.3) is 0 Å². The molecule has 0 N–H and O–H groups in total. The number of benzene rings is 2. The van der Waals surface area contributed by atoms with Crippen LogP contribution >= 0.6 is 0 Å². The molecule has 0 spiro atoms. The van der Waals surface area contributed by atoms with Gasteiger partial charge < -0.3 is 4.74 Å². The second kappa shape index (κ2) is 5.92. The summed E-state index contributed by atoms with van der Waals surface area (Å²) in [6.07, 6.45) is 1.98. The summed E-state index contributed by atoms with van der Waals surface area (Å²) < 4.78 is 6.28. The van der Waals surface area contributed by atoms with E-state index in [2.05, 4.69) is 64.1 Å². The molecule has 1 heteroatoms. The van der Waals surface area contributed by atoms with Crippen molar-refractivity contribution in [2.24, 2.45) is 0 Å². The Morgan fingerprint density at radius 2 is 1.16 bits per heavy atom. The molecule has 0 bridgehead atoms. The topological polar surface area (TPSA) is 9.23 Å². The summed E-state index contributed by atoms with van der Waals surface area (Å²) in [4.78, 5) is 0. The van der Waals surface area contributed by atoms with Gasteiger partial charge in [0.15, 0.2) is 0 Å².